The molecule has 0 bridgehead atoms. The van der Waals surface area contributed by atoms with E-state index in [9.17, 15) is 4.79 Å². The number of likely N-dealkylation sites (tertiary alicyclic amines) is 1. The van der Waals surface area contributed by atoms with Crippen molar-refractivity contribution >= 4 is 17.2 Å². The van der Waals surface area contributed by atoms with Crippen molar-refractivity contribution in [3.63, 3.8) is 0 Å². The van der Waals surface area contributed by atoms with E-state index < -0.39 is 5.54 Å². The fourth-order valence-electron chi connectivity index (χ4n) is 4.20. The molecule has 2 heterocycles. The van der Waals surface area contributed by atoms with Crippen molar-refractivity contribution in [3.05, 3.63) is 16.1 Å². The number of carbonyl (C=O) groups excluding carboxylic acids is 1. The van der Waals surface area contributed by atoms with Gasteiger partial charge in [0.2, 0.25) is 5.91 Å². The van der Waals surface area contributed by atoms with E-state index >= 15 is 0 Å². The van der Waals surface area contributed by atoms with E-state index in [1.54, 1.807) is 11.3 Å². The van der Waals surface area contributed by atoms with Crippen LogP contribution >= 0.6 is 11.3 Å². The standard InChI is InChI=1S/C20H33N3O2S/c1-6-25-16-10-20(21,19(16,4)5)18(24)23-9-7-8-14(11-23)17-22-15(12-26-17)13(2)3/h12-14,16H,6-11,21H2,1-5H3. The topological polar surface area (TPSA) is 68.5 Å². The molecule has 1 aromatic heterocycles. The van der Waals surface area contributed by atoms with Gasteiger partial charge in [-0.3, -0.25) is 4.79 Å². The number of aromatic nitrogens is 1. The number of thiazole rings is 1. The minimum absolute atomic E-state index is 0.0644. The molecule has 1 amide bonds. The molecule has 146 valence electrons. The molecular weight excluding hydrogens is 346 g/mol. The van der Waals surface area contributed by atoms with Gasteiger partial charge in [0.05, 0.1) is 16.8 Å². The van der Waals surface area contributed by atoms with E-state index in [4.69, 9.17) is 15.5 Å². The SMILES string of the molecule is CCOC1CC(N)(C(=O)N2CCCC(c3nc(C(C)C)cs3)C2)C1(C)C. The summed E-state index contributed by atoms with van der Waals surface area (Å²) >= 11 is 1.73. The van der Waals surface area contributed by atoms with Crippen molar-refractivity contribution in [2.24, 2.45) is 11.1 Å². The third kappa shape index (κ3) is 3.20. The summed E-state index contributed by atoms with van der Waals surface area (Å²) in [5.74, 6) is 0.864. The zero-order valence-electron chi connectivity index (χ0n) is 16.7. The predicted octanol–water partition coefficient (Wildman–Crippen LogP) is 3.51. The number of amides is 1. The lowest BCUT2D eigenvalue weighted by Gasteiger charge is -2.59. The Labute approximate surface area is 161 Å². The molecule has 2 aliphatic rings. The third-order valence-corrected chi connectivity index (χ3v) is 7.43. The summed E-state index contributed by atoms with van der Waals surface area (Å²) in [6.07, 6.45) is 2.79. The fourth-order valence-corrected chi connectivity index (χ4v) is 5.31. The van der Waals surface area contributed by atoms with Gasteiger partial charge in [-0.2, -0.15) is 0 Å². The van der Waals surface area contributed by atoms with Gasteiger partial charge in [0.25, 0.3) is 0 Å². The van der Waals surface area contributed by atoms with Crippen molar-refractivity contribution in [1.29, 1.82) is 0 Å². The summed E-state index contributed by atoms with van der Waals surface area (Å²) in [4.78, 5) is 20.1. The molecule has 1 aromatic rings. The van der Waals surface area contributed by atoms with Crippen LogP contribution in [0.1, 0.15) is 76.4 Å². The molecular formula is C20H33N3O2S. The van der Waals surface area contributed by atoms with Gasteiger partial charge in [0, 0.05) is 42.8 Å². The zero-order valence-corrected chi connectivity index (χ0v) is 17.6. The normalized spacial score (nSPS) is 31.1. The number of hydrogen-bond donors (Lipinski definition) is 1. The van der Waals surface area contributed by atoms with Gasteiger partial charge < -0.3 is 15.4 Å². The first-order chi connectivity index (χ1) is 12.2. The Morgan fingerprint density at radius 2 is 2.23 bits per heavy atom. The van der Waals surface area contributed by atoms with E-state index in [0.717, 1.165) is 36.6 Å². The number of rotatable bonds is 5. The lowest BCUT2D eigenvalue weighted by Crippen LogP contribution is -2.76. The highest BCUT2D eigenvalue weighted by atomic mass is 32.1. The number of piperidine rings is 1. The van der Waals surface area contributed by atoms with Gasteiger partial charge in [-0.1, -0.05) is 27.7 Å². The lowest BCUT2D eigenvalue weighted by molar-refractivity contribution is -0.180. The first kappa shape index (κ1) is 19.8. The summed E-state index contributed by atoms with van der Waals surface area (Å²) in [7, 11) is 0. The minimum atomic E-state index is -0.819. The summed E-state index contributed by atoms with van der Waals surface area (Å²) < 4.78 is 5.78. The van der Waals surface area contributed by atoms with Crippen molar-refractivity contribution < 1.29 is 9.53 Å². The average molecular weight is 380 g/mol. The molecule has 1 aliphatic heterocycles. The van der Waals surface area contributed by atoms with Crippen molar-refractivity contribution in [2.45, 2.75) is 77.4 Å². The first-order valence-corrected chi connectivity index (χ1v) is 10.7. The van der Waals surface area contributed by atoms with Crippen LogP contribution in [0, 0.1) is 5.41 Å². The Hall–Kier alpha value is -0.980. The van der Waals surface area contributed by atoms with Gasteiger partial charge in [-0.15, -0.1) is 11.3 Å². The average Bonchev–Trinajstić information content (AvgIpc) is 3.11. The van der Waals surface area contributed by atoms with Gasteiger partial charge >= 0.3 is 0 Å². The van der Waals surface area contributed by atoms with E-state index in [0.29, 0.717) is 24.9 Å². The van der Waals surface area contributed by atoms with E-state index in [-0.39, 0.29) is 17.4 Å². The van der Waals surface area contributed by atoms with Crippen molar-refractivity contribution in [3.8, 4) is 0 Å². The number of carbonyl (C=O) groups is 1. The summed E-state index contributed by atoms with van der Waals surface area (Å²) in [5.41, 5.74) is 6.62. The molecule has 0 spiro atoms. The van der Waals surface area contributed by atoms with Crippen LogP contribution in [0.2, 0.25) is 0 Å². The molecule has 1 aliphatic carbocycles. The van der Waals surface area contributed by atoms with Crippen LogP contribution < -0.4 is 5.73 Å². The molecule has 26 heavy (non-hydrogen) atoms. The molecule has 5 nitrogen and oxygen atoms in total. The van der Waals surface area contributed by atoms with Gasteiger partial charge in [0.15, 0.2) is 0 Å². The molecule has 0 aromatic carbocycles. The Bertz CT molecular complexity index is 657. The van der Waals surface area contributed by atoms with Crippen LogP contribution in [0.15, 0.2) is 5.38 Å². The highest BCUT2D eigenvalue weighted by Crippen LogP contribution is 2.51. The lowest BCUT2D eigenvalue weighted by atomic mass is 9.54. The summed E-state index contributed by atoms with van der Waals surface area (Å²) in [5, 5.41) is 3.32. The monoisotopic (exact) mass is 379 g/mol. The van der Waals surface area contributed by atoms with Gasteiger partial charge in [-0.25, -0.2) is 4.98 Å². The molecule has 2 fully saturated rings. The quantitative estimate of drug-likeness (QED) is 0.850. The van der Waals surface area contributed by atoms with Crippen molar-refractivity contribution in [2.75, 3.05) is 19.7 Å². The maximum absolute atomic E-state index is 13.3. The number of nitrogens with zero attached hydrogens (tertiary/aromatic N) is 2. The number of ether oxygens (including phenoxy) is 1. The number of hydrogen-bond acceptors (Lipinski definition) is 5. The first-order valence-electron chi connectivity index (χ1n) is 9.86. The Balaban J connectivity index is 1.70. The Kier molecular flexibility index (Phi) is 5.48. The van der Waals surface area contributed by atoms with Gasteiger partial charge in [0.1, 0.15) is 5.54 Å². The van der Waals surface area contributed by atoms with Crippen LogP contribution in [-0.2, 0) is 9.53 Å². The maximum Gasteiger partial charge on any atom is 0.243 e. The largest absolute Gasteiger partial charge is 0.378 e. The third-order valence-electron chi connectivity index (χ3n) is 6.40. The predicted molar refractivity (Wildman–Crippen MR) is 105 cm³/mol. The van der Waals surface area contributed by atoms with E-state index in [1.165, 1.54) is 0 Å². The van der Waals surface area contributed by atoms with Crippen LogP contribution in [0.5, 0.6) is 0 Å². The van der Waals surface area contributed by atoms with Crippen LogP contribution in [0.3, 0.4) is 0 Å². The summed E-state index contributed by atoms with van der Waals surface area (Å²) in [6.45, 7) is 12.6. The highest BCUT2D eigenvalue weighted by Gasteiger charge is 2.63. The highest BCUT2D eigenvalue weighted by molar-refractivity contribution is 7.09. The van der Waals surface area contributed by atoms with Gasteiger partial charge in [-0.05, 0) is 25.7 Å². The molecule has 2 N–H and O–H groups in total. The molecule has 6 heteroatoms. The summed E-state index contributed by atoms with van der Waals surface area (Å²) in [6, 6.07) is 0. The molecule has 3 atom stereocenters. The van der Waals surface area contributed by atoms with E-state index in [2.05, 4.69) is 33.1 Å². The molecule has 0 radical (unpaired) electrons. The fraction of sp³-hybridized carbons (Fsp3) is 0.800. The van der Waals surface area contributed by atoms with E-state index in [1.807, 2.05) is 11.8 Å². The molecule has 3 unspecified atom stereocenters. The zero-order chi connectivity index (χ0) is 19.1. The molecule has 3 rings (SSSR count). The van der Waals surface area contributed by atoms with Crippen LogP contribution in [0.25, 0.3) is 0 Å². The van der Waals surface area contributed by atoms with Crippen LogP contribution in [0.4, 0.5) is 0 Å². The maximum atomic E-state index is 13.3. The second kappa shape index (κ2) is 7.21. The second-order valence-corrected chi connectivity index (χ2v) is 9.59. The second-order valence-electron chi connectivity index (χ2n) is 8.70. The minimum Gasteiger partial charge on any atom is -0.378 e. The molecule has 1 saturated carbocycles. The Morgan fingerprint density at radius 1 is 1.50 bits per heavy atom. The smallest absolute Gasteiger partial charge is 0.243 e. The van der Waals surface area contributed by atoms with Crippen LogP contribution in [-0.4, -0.2) is 47.1 Å². The van der Waals surface area contributed by atoms with Crippen molar-refractivity contribution in [1.82, 2.24) is 9.88 Å². The Morgan fingerprint density at radius 3 is 2.81 bits per heavy atom. The molecule has 1 saturated heterocycles. The number of nitrogens with two attached hydrogens (primary N) is 1.